The minimum Gasteiger partial charge on any atom is -0.462 e. The maximum Gasteiger partial charge on any atom is 0.396 e. The topological polar surface area (TPSA) is 55.4 Å². The van der Waals surface area contributed by atoms with Gasteiger partial charge in [-0.25, -0.2) is 4.79 Å². The Bertz CT molecular complexity index is 386. The highest BCUT2D eigenvalue weighted by Gasteiger charge is 2.16. The Morgan fingerprint density at radius 1 is 1.27 bits per heavy atom. The van der Waals surface area contributed by atoms with E-state index < -0.39 is 11.9 Å². The molecule has 6 heteroatoms. The average molecular weight is 337 g/mol. The van der Waals surface area contributed by atoms with E-state index in [0.717, 1.165) is 7.11 Å². The number of carbonyl (C=O) groups is 2. The highest BCUT2D eigenvalue weighted by Crippen LogP contribution is 2.30. The van der Waals surface area contributed by atoms with E-state index >= 15 is 0 Å². The third-order valence-electron chi connectivity index (χ3n) is 1.57. The van der Waals surface area contributed by atoms with Crippen LogP contribution >= 0.6 is 31.9 Å². The molecule has 0 aromatic heterocycles. The van der Waals surface area contributed by atoms with Crippen molar-refractivity contribution in [3.8, 4) is 0 Å². The molecule has 1 rings (SSSR count). The number of rotatable bonds is 1. The van der Waals surface area contributed by atoms with Crippen LogP contribution in [0, 0.1) is 0 Å². The van der Waals surface area contributed by atoms with Gasteiger partial charge in [-0.1, -0.05) is 6.07 Å². The molecule has 1 aromatic rings. The van der Waals surface area contributed by atoms with Crippen LogP contribution in [-0.2, 0) is 14.3 Å². The number of para-hydroxylation sites is 1. The van der Waals surface area contributed by atoms with E-state index in [9.17, 15) is 9.59 Å². The van der Waals surface area contributed by atoms with Crippen molar-refractivity contribution >= 4 is 49.4 Å². The lowest BCUT2D eigenvalue weighted by atomic mass is 10.3. The summed E-state index contributed by atoms with van der Waals surface area (Å²) >= 11 is 6.50. The zero-order valence-corrected chi connectivity index (χ0v) is 10.9. The summed E-state index contributed by atoms with van der Waals surface area (Å²) in [7, 11) is 1.15. The Morgan fingerprint density at radius 2 is 1.80 bits per heavy atom. The van der Waals surface area contributed by atoms with Crippen molar-refractivity contribution in [3.05, 3.63) is 27.1 Å². The molecule has 1 aromatic carbocycles. The molecule has 0 aliphatic carbocycles. The van der Waals surface area contributed by atoms with Gasteiger partial charge in [-0.2, -0.15) is 0 Å². The molecular weight excluding hydrogens is 330 g/mol. The number of hydrogen-bond donors (Lipinski definition) is 1. The summed E-state index contributed by atoms with van der Waals surface area (Å²) in [5.41, 5.74) is 0.493. The molecule has 0 bridgehead atoms. The van der Waals surface area contributed by atoms with E-state index in [0.29, 0.717) is 14.6 Å². The number of carbonyl (C=O) groups excluding carboxylic acids is 2. The largest absolute Gasteiger partial charge is 0.462 e. The van der Waals surface area contributed by atoms with Gasteiger partial charge in [0.05, 0.1) is 12.8 Å². The van der Waals surface area contributed by atoms with Gasteiger partial charge in [-0.05, 0) is 44.0 Å². The molecule has 1 N–H and O–H groups in total. The van der Waals surface area contributed by atoms with Gasteiger partial charge < -0.3 is 10.1 Å². The Hall–Kier alpha value is -0.880. The van der Waals surface area contributed by atoms with Gasteiger partial charge in [0, 0.05) is 8.95 Å². The zero-order chi connectivity index (χ0) is 11.4. The molecule has 0 saturated heterocycles. The summed E-state index contributed by atoms with van der Waals surface area (Å²) in [4.78, 5) is 22.1. The number of esters is 1. The molecule has 0 fully saturated rings. The Kier molecular flexibility index (Phi) is 4.28. The number of ether oxygens (including phenoxy) is 1. The molecule has 1 amide bonds. The highest BCUT2D eigenvalue weighted by molar-refractivity contribution is 9.11. The first-order valence-electron chi connectivity index (χ1n) is 3.89. The molecule has 80 valence electrons. The normalized spacial score (nSPS) is 9.53. The number of amides is 1. The predicted octanol–water partition coefficient (Wildman–Crippen LogP) is 2.32. The van der Waals surface area contributed by atoms with Crippen molar-refractivity contribution < 1.29 is 14.3 Å². The minimum absolute atomic E-state index is 0.493. The average Bonchev–Trinajstić information content (AvgIpc) is 2.22. The highest BCUT2D eigenvalue weighted by atomic mass is 79.9. The van der Waals surface area contributed by atoms with Crippen molar-refractivity contribution in [2.45, 2.75) is 0 Å². The Morgan fingerprint density at radius 3 is 2.27 bits per heavy atom. The fraction of sp³-hybridized carbons (Fsp3) is 0.111. The zero-order valence-electron chi connectivity index (χ0n) is 7.71. The molecule has 0 aliphatic rings. The standard InChI is InChI=1S/C9H7Br2NO3/c1-15-9(14)8(13)12-7-5(10)3-2-4-6(7)11/h2-4H,1H3,(H,12,13). The molecular formula is C9H7Br2NO3. The monoisotopic (exact) mass is 335 g/mol. The van der Waals surface area contributed by atoms with Crippen LogP contribution in [0.25, 0.3) is 0 Å². The van der Waals surface area contributed by atoms with E-state index in [-0.39, 0.29) is 0 Å². The lowest BCUT2D eigenvalue weighted by molar-refractivity contribution is -0.150. The first-order valence-corrected chi connectivity index (χ1v) is 5.48. The SMILES string of the molecule is COC(=O)C(=O)Nc1c(Br)cccc1Br. The van der Waals surface area contributed by atoms with E-state index in [4.69, 9.17) is 0 Å². The Labute approximate surface area is 103 Å². The van der Waals surface area contributed by atoms with Crippen molar-refractivity contribution in [1.29, 1.82) is 0 Å². The third kappa shape index (κ3) is 3.04. The van der Waals surface area contributed by atoms with Gasteiger partial charge in [0.15, 0.2) is 0 Å². The lowest BCUT2D eigenvalue weighted by Crippen LogP contribution is -2.24. The van der Waals surface area contributed by atoms with Crippen LogP contribution in [0.3, 0.4) is 0 Å². The van der Waals surface area contributed by atoms with Crippen molar-refractivity contribution in [2.75, 3.05) is 12.4 Å². The summed E-state index contributed by atoms with van der Waals surface area (Å²) in [6, 6.07) is 5.29. The van der Waals surface area contributed by atoms with E-state index in [1.165, 1.54) is 0 Å². The fourth-order valence-corrected chi connectivity index (χ4v) is 2.07. The van der Waals surface area contributed by atoms with Crippen LogP contribution in [0.15, 0.2) is 27.1 Å². The lowest BCUT2D eigenvalue weighted by Gasteiger charge is -2.07. The van der Waals surface area contributed by atoms with Crippen molar-refractivity contribution in [1.82, 2.24) is 0 Å². The van der Waals surface area contributed by atoms with Crippen LogP contribution < -0.4 is 5.32 Å². The molecule has 0 saturated carbocycles. The van der Waals surface area contributed by atoms with Crippen LogP contribution in [0.1, 0.15) is 0 Å². The van der Waals surface area contributed by atoms with Crippen LogP contribution in [-0.4, -0.2) is 19.0 Å². The molecule has 0 atom stereocenters. The van der Waals surface area contributed by atoms with Crippen LogP contribution in [0.5, 0.6) is 0 Å². The summed E-state index contributed by atoms with van der Waals surface area (Å²) in [6.45, 7) is 0. The quantitative estimate of drug-likeness (QED) is 0.632. The first kappa shape index (κ1) is 12.2. The van der Waals surface area contributed by atoms with Gasteiger partial charge in [0.2, 0.25) is 0 Å². The molecule has 4 nitrogen and oxygen atoms in total. The minimum atomic E-state index is -0.933. The van der Waals surface area contributed by atoms with E-state index in [1.807, 2.05) is 0 Å². The second kappa shape index (κ2) is 5.27. The van der Waals surface area contributed by atoms with Crippen LogP contribution in [0.4, 0.5) is 5.69 Å². The summed E-state index contributed by atoms with van der Waals surface area (Å²) in [5, 5.41) is 2.42. The number of halogens is 2. The van der Waals surface area contributed by atoms with Gasteiger partial charge in [0.25, 0.3) is 0 Å². The van der Waals surface area contributed by atoms with Crippen molar-refractivity contribution in [2.24, 2.45) is 0 Å². The second-order valence-electron chi connectivity index (χ2n) is 2.54. The molecule has 0 aliphatic heterocycles. The number of methoxy groups -OCH3 is 1. The maximum atomic E-state index is 11.2. The Balaban J connectivity index is 2.90. The van der Waals surface area contributed by atoms with Crippen LogP contribution in [0.2, 0.25) is 0 Å². The molecule has 0 spiro atoms. The number of anilines is 1. The second-order valence-corrected chi connectivity index (χ2v) is 4.25. The first-order chi connectivity index (χ1) is 7.06. The molecule has 15 heavy (non-hydrogen) atoms. The molecule has 0 unspecified atom stereocenters. The predicted molar refractivity (Wildman–Crippen MR) is 62.5 cm³/mol. The van der Waals surface area contributed by atoms with Gasteiger partial charge in [-0.3, -0.25) is 4.79 Å². The summed E-state index contributed by atoms with van der Waals surface area (Å²) in [6.07, 6.45) is 0. The third-order valence-corrected chi connectivity index (χ3v) is 2.89. The molecule has 0 radical (unpaired) electrons. The molecule has 0 heterocycles. The van der Waals surface area contributed by atoms with Gasteiger partial charge >= 0.3 is 11.9 Å². The number of nitrogens with one attached hydrogen (secondary N) is 1. The maximum absolute atomic E-state index is 11.2. The fourth-order valence-electron chi connectivity index (χ4n) is 0.874. The van der Waals surface area contributed by atoms with E-state index in [2.05, 4.69) is 41.9 Å². The summed E-state index contributed by atoms with van der Waals surface area (Å²) in [5.74, 6) is -1.75. The summed E-state index contributed by atoms with van der Waals surface area (Å²) < 4.78 is 5.63. The smallest absolute Gasteiger partial charge is 0.396 e. The number of benzene rings is 1. The van der Waals surface area contributed by atoms with Gasteiger partial charge in [-0.15, -0.1) is 0 Å². The van der Waals surface area contributed by atoms with E-state index in [1.54, 1.807) is 18.2 Å². The van der Waals surface area contributed by atoms with Crippen molar-refractivity contribution in [3.63, 3.8) is 0 Å². The number of hydrogen-bond acceptors (Lipinski definition) is 3. The van der Waals surface area contributed by atoms with Gasteiger partial charge in [0.1, 0.15) is 0 Å².